The number of rotatable bonds is 6. The van der Waals surface area contributed by atoms with Crippen LogP contribution in [0.3, 0.4) is 0 Å². The van der Waals surface area contributed by atoms with Gasteiger partial charge < -0.3 is 5.32 Å². The molecule has 6 heteroatoms. The SMILES string of the molecule is CN(CC(=O)Nc1ccnn1C1CCCC1)Cc1ccccc1Cl. The number of hydrogen-bond donors (Lipinski definition) is 1. The van der Waals surface area contributed by atoms with Crippen molar-refractivity contribution in [2.45, 2.75) is 38.3 Å². The number of carbonyl (C=O) groups excluding carboxylic acids is 1. The largest absolute Gasteiger partial charge is 0.310 e. The van der Waals surface area contributed by atoms with Gasteiger partial charge in [0, 0.05) is 17.6 Å². The Bertz CT molecular complexity index is 694. The summed E-state index contributed by atoms with van der Waals surface area (Å²) in [5.74, 6) is 0.752. The van der Waals surface area contributed by atoms with E-state index in [1.54, 1.807) is 6.20 Å². The molecular formula is C18H23ClN4O. The molecule has 1 N–H and O–H groups in total. The zero-order valence-corrected chi connectivity index (χ0v) is 14.7. The number of carbonyl (C=O) groups is 1. The highest BCUT2D eigenvalue weighted by Crippen LogP contribution is 2.31. The predicted molar refractivity (Wildman–Crippen MR) is 96.1 cm³/mol. The van der Waals surface area contributed by atoms with Gasteiger partial charge in [-0.1, -0.05) is 42.6 Å². The van der Waals surface area contributed by atoms with Gasteiger partial charge in [-0.3, -0.25) is 9.69 Å². The number of hydrogen-bond acceptors (Lipinski definition) is 3. The van der Waals surface area contributed by atoms with Crippen molar-refractivity contribution < 1.29 is 4.79 Å². The lowest BCUT2D eigenvalue weighted by molar-refractivity contribution is -0.117. The van der Waals surface area contributed by atoms with E-state index in [-0.39, 0.29) is 5.91 Å². The summed E-state index contributed by atoms with van der Waals surface area (Å²) in [5.41, 5.74) is 1.02. The predicted octanol–water partition coefficient (Wildman–Crippen LogP) is 3.72. The second-order valence-electron chi connectivity index (χ2n) is 6.41. The number of benzene rings is 1. The molecule has 1 aliphatic carbocycles. The van der Waals surface area contributed by atoms with Crippen LogP contribution in [0.25, 0.3) is 0 Å². The Hall–Kier alpha value is -1.85. The van der Waals surface area contributed by atoms with Crippen LogP contribution < -0.4 is 5.32 Å². The molecule has 1 heterocycles. The Morgan fingerprint density at radius 3 is 2.83 bits per heavy atom. The molecule has 1 saturated carbocycles. The smallest absolute Gasteiger partial charge is 0.239 e. The summed E-state index contributed by atoms with van der Waals surface area (Å²) in [5, 5.41) is 8.09. The molecule has 24 heavy (non-hydrogen) atoms. The van der Waals surface area contributed by atoms with Gasteiger partial charge in [0.2, 0.25) is 5.91 Å². The van der Waals surface area contributed by atoms with E-state index in [2.05, 4.69) is 10.4 Å². The summed E-state index contributed by atoms with van der Waals surface area (Å²) in [7, 11) is 1.91. The number of nitrogens with zero attached hydrogens (tertiary/aromatic N) is 3. The van der Waals surface area contributed by atoms with E-state index in [9.17, 15) is 4.79 Å². The molecule has 1 aromatic carbocycles. The average Bonchev–Trinajstić information content (AvgIpc) is 3.20. The minimum absolute atomic E-state index is 0.0377. The molecule has 0 aliphatic heterocycles. The van der Waals surface area contributed by atoms with E-state index >= 15 is 0 Å². The Morgan fingerprint density at radius 1 is 1.33 bits per heavy atom. The summed E-state index contributed by atoms with van der Waals surface area (Å²) < 4.78 is 1.96. The number of likely N-dealkylation sites (N-methyl/N-ethyl adjacent to an activating group) is 1. The van der Waals surface area contributed by atoms with E-state index < -0.39 is 0 Å². The Morgan fingerprint density at radius 2 is 2.08 bits per heavy atom. The van der Waals surface area contributed by atoms with Gasteiger partial charge in [0.1, 0.15) is 5.82 Å². The van der Waals surface area contributed by atoms with Gasteiger partial charge >= 0.3 is 0 Å². The molecule has 1 aromatic heterocycles. The van der Waals surface area contributed by atoms with E-state index in [0.29, 0.717) is 19.1 Å². The van der Waals surface area contributed by atoms with Crippen molar-refractivity contribution in [2.24, 2.45) is 0 Å². The molecule has 0 spiro atoms. The van der Waals surface area contributed by atoms with Gasteiger partial charge in [-0.05, 0) is 31.5 Å². The van der Waals surface area contributed by atoms with Crippen molar-refractivity contribution in [3.05, 3.63) is 47.1 Å². The summed E-state index contributed by atoms with van der Waals surface area (Å²) in [6, 6.07) is 9.98. The summed E-state index contributed by atoms with van der Waals surface area (Å²) in [6.45, 7) is 0.941. The number of anilines is 1. The highest BCUT2D eigenvalue weighted by Gasteiger charge is 2.20. The molecule has 1 amide bonds. The van der Waals surface area contributed by atoms with Crippen LogP contribution >= 0.6 is 11.6 Å². The van der Waals surface area contributed by atoms with Crippen LogP contribution in [0.1, 0.15) is 37.3 Å². The zero-order valence-electron chi connectivity index (χ0n) is 13.9. The highest BCUT2D eigenvalue weighted by atomic mass is 35.5. The van der Waals surface area contributed by atoms with E-state index in [4.69, 9.17) is 11.6 Å². The van der Waals surface area contributed by atoms with Crippen LogP contribution in [-0.2, 0) is 11.3 Å². The number of nitrogens with one attached hydrogen (secondary N) is 1. The van der Waals surface area contributed by atoms with Crippen molar-refractivity contribution in [1.29, 1.82) is 0 Å². The summed E-state index contributed by atoms with van der Waals surface area (Å²) in [6.07, 6.45) is 6.49. The van der Waals surface area contributed by atoms with Crippen LogP contribution in [0.5, 0.6) is 0 Å². The fourth-order valence-electron chi connectivity index (χ4n) is 3.25. The first kappa shape index (κ1) is 17.0. The third-order valence-electron chi connectivity index (χ3n) is 4.42. The zero-order chi connectivity index (χ0) is 16.9. The molecule has 0 saturated heterocycles. The monoisotopic (exact) mass is 346 g/mol. The molecular weight excluding hydrogens is 324 g/mol. The Kier molecular flexibility index (Phi) is 5.53. The van der Waals surface area contributed by atoms with Gasteiger partial charge in [-0.15, -0.1) is 0 Å². The van der Waals surface area contributed by atoms with Crippen LogP contribution in [0.2, 0.25) is 5.02 Å². The maximum Gasteiger partial charge on any atom is 0.239 e. The van der Waals surface area contributed by atoms with E-state index in [1.165, 1.54) is 12.8 Å². The minimum atomic E-state index is -0.0377. The van der Waals surface area contributed by atoms with Crippen LogP contribution in [-0.4, -0.2) is 34.2 Å². The molecule has 0 unspecified atom stereocenters. The highest BCUT2D eigenvalue weighted by molar-refractivity contribution is 6.31. The number of aromatic nitrogens is 2. The van der Waals surface area contributed by atoms with Crippen molar-refractivity contribution >= 4 is 23.3 Å². The summed E-state index contributed by atoms with van der Waals surface area (Å²) in [4.78, 5) is 14.3. The van der Waals surface area contributed by atoms with Crippen LogP contribution in [0.15, 0.2) is 36.5 Å². The topological polar surface area (TPSA) is 50.2 Å². The van der Waals surface area contributed by atoms with Crippen molar-refractivity contribution in [1.82, 2.24) is 14.7 Å². The van der Waals surface area contributed by atoms with Gasteiger partial charge in [0.25, 0.3) is 0 Å². The van der Waals surface area contributed by atoms with Crippen molar-refractivity contribution in [2.75, 3.05) is 18.9 Å². The third-order valence-corrected chi connectivity index (χ3v) is 4.79. The van der Waals surface area contributed by atoms with Gasteiger partial charge in [-0.25, -0.2) is 4.68 Å². The molecule has 128 valence electrons. The Labute approximate surface area is 147 Å². The maximum atomic E-state index is 12.3. The molecule has 3 rings (SSSR count). The molecule has 1 aliphatic rings. The normalized spacial score (nSPS) is 15.1. The summed E-state index contributed by atoms with van der Waals surface area (Å²) >= 11 is 6.17. The second-order valence-corrected chi connectivity index (χ2v) is 6.82. The minimum Gasteiger partial charge on any atom is -0.310 e. The number of amides is 1. The van der Waals surface area contributed by atoms with E-state index in [1.807, 2.05) is 47.0 Å². The van der Waals surface area contributed by atoms with E-state index in [0.717, 1.165) is 29.2 Å². The third kappa shape index (κ3) is 4.16. The van der Waals surface area contributed by atoms with Crippen LogP contribution in [0, 0.1) is 0 Å². The Balaban J connectivity index is 1.56. The van der Waals surface area contributed by atoms with Gasteiger partial charge in [-0.2, -0.15) is 5.10 Å². The van der Waals surface area contributed by atoms with Gasteiger partial charge in [0.15, 0.2) is 0 Å². The molecule has 0 atom stereocenters. The quantitative estimate of drug-likeness (QED) is 0.867. The lowest BCUT2D eigenvalue weighted by Crippen LogP contribution is -2.30. The molecule has 0 bridgehead atoms. The molecule has 1 fully saturated rings. The maximum absolute atomic E-state index is 12.3. The van der Waals surface area contributed by atoms with Crippen molar-refractivity contribution in [3.63, 3.8) is 0 Å². The molecule has 5 nitrogen and oxygen atoms in total. The van der Waals surface area contributed by atoms with Crippen LogP contribution in [0.4, 0.5) is 5.82 Å². The fraction of sp³-hybridized carbons (Fsp3) is 0.444. The lowest BCUT2D eigenvalue weighted by Gasteiger charge is -2.18. The molecule has 2 aromatic rings. The molecule has 0 radical (unpaired) electrons. The lowest BCUT2D eigenvalue weighted by atomic mass is 10.2. The average molecular weight is 347 g/mol. The first-order valence-electron chi connectivity index (χ1n) is 8.39. The number of halogens is 1. The standard InChI is InChI=1S/C18H23ClN4O/c1-22(12-14-6-2-5-9-16(14)19)13-18(24)21-17-10-11-20-23(17)15-7-3-4-8-15/h2,5-6,9-11,15H,3-4,7-8,12-13H2,1H3,(H,21,24). The first-order valence-corrected chi connectivity index (χ1v) is 8.76. The second kappa shape index (κ2) is 7.81. The van der Waals surface area contributed by atoms with Crippen molar-refractivity contribution in [3.8, 4) is 0 Å². The fourth-order valence-corrected chi connectivity index (χ4v) is 3.45. The van der Waals surface area contributed by atoms with Gasteiger partial charge in [0.05, 0.1) is 18.8 Å². The first-order chi connectivity index (χ1) is 11.6.